The van der Waals surface area contributed by atoms with Crippen LogP contribution in [0.2, 0.25) is 10.0 Å². The predicted molar refractivity (Wildman–Crippen MR) is 125 cm³/mol. The SMILES string of the molecule is O=C(CN(C(=O)c1ccc(Cl)cc1Cl)N1C(=O)[C@@H]2[C@H]3C=C[C@@H]([C@@H]4C[C@@H]34)[C@H]2C1=O)c1ccccc1. The maximum absolute atomic E-state index is 13.7. The molecule has 0 N–H and O–H groups in total. The summed E-state index contributed by atoms with van der Waals surface area (Å²) < 4.78 is 0. The third-order valence-electron chi connectivity index (χ3n) is 7.67. The first kappa shape index (κ1) is 21.6. The Morgan fingerprint density at radius 1 is 0.912 bits per heavy atom. The first-order valence-electron chi connectivity index (χ1n) is 11.3. The lowest BCUT2D eigenvalue weighted by atomic mass is 9.63. The summed E-state index contributed by atoms with van der Waals surface area (Å²) in [6.07, 6.45) is 5.16. The van der Waals surface area contributed by atoms with Crippen molar-refractivity contribution in [2.45, 2.75) is 6.42 Å². The molecule has 6 atom stereocenters. The zero-order valence-corrected chi connectivity index (χ0v) is 19.4. The molecular weight excluding hydrogens is 475 g/mol. The number of Topliss-reactive ketones (excluding diaryl/α,β-unsaturated/α-hetero) is 1. The van der Waals surface area contributed by atoms with E-state index in [0.717, 1.165) is 16.4 Å². The molecule has 8 heteroatoms. The summed E-state index contributed by atoms with van der Waals surface area (Å²) in [4.78, 5) is 54.1. The van der Waals surface area contributed by atoms with Crippen molar-refractivity contribution in [3.05, 3.63) is 81.9 Å². The summed E-state index contributed by atoms with van der Waals surface area (Å²) in [5, 5.41) is 2.31. The van der Waals surface area contributed by atoms with Crippen LogP contribution in [-0.2, 0) is 9.59 Å². The molecule has 0 aromatic heterocycles. The highest BCUT2D eigenvalue weighted by Gasteiger charge is 2.68. The summed E-state index contributed by atoms with van der Waals surface area (Å²) in [6, 6.07) is 12.8. The summed E-state index contributed by atoms with van der Waals surface area (Å²) >= 11 is 12.3. The van der Waals surface area contributed by atoms with Crippen molar-refractivity contribution in [3.8, 4) is 0 Å². The van der Waals surface area contributed by atoms with Crippen molar-refractivity contribution >= 4 is 46.7 Å². The Balaban J connectivity index is 1.39. The van der Waals surface area contributed by atoms with Gasteiger partial charge < -0.3 is 0 Å². The van der Waals surface area contributed by atoms with E-state index >= 15 is 0 Å². The molecule has 2 aromatic rings. The number of carbonyl (C=O) groups excluding carboxylic acids is 4. The fourth-order valence-electron chi connectivity index (χ4n) is 6.07. The lowest BCUT2D eigenvalue weighted by Crippen LogP contribution is -2.52. The van der Waals surface area contributed by atoms with Crippen LogP contribution in [0.4, 0.5) is 0 Å². The highest BCUT2D eigenvalue weighted by molar-refractivity contribution is 6.36. The summed E-state index contributed by atoms with van der Waals surface area (Å²) in [6.45, 7) is -0.464. The molecule has 2 bridgehead atoms. The summed E-state index contributed by atoms with van der Waals surface area (Å²) in [7, 11) is 0. The minimum Gasteiger partial charge on any atom is -0.292 e. The first-order valence-corrected chi connectivity index (χ1v) is 12.0. The van der Waals surface area contributed by atoms with Crippen LogP contribution in [0.1, 0.15) is 27.1 Å². The van der Waals surface area contributed by atoms with E-state index in [2.05, 4.69) is 12.2 Å². The van der Waals surface area contributed by atoms with Gasteiger partial charge in [0, 0.05) is 10.6 Å². The smallest absolute Gasteiger partial charge is 0.274 e. The number of halogens is 2. The largest absolute Gasteiger partial charge is 0.292 e. The van der Waals surface area contributed by atoms with Crippen molar-refractivity contribution in [1.29, 1.82) is 0 Å². The van der Waals surface area contributed by atoms with Crippen LogP contribution < -0.4 is 0 Å². The zero-order valence-electron chi connectivity index (χ0n) is 17.9. The van der Waals surface area contributed by atoms with Gasteiger partial charge in [-0.15, -0.1) is 0 Å². The number of imide groups is 1. The van der Waals surface area contributed by atoms with E-state index < -0.39 is 41.9 Å². The van der Waals surface area contributed by atoms with Gasteiger partial charge in [0.1, 0.15) is 6.54 Å². The number of hydrogen-bond acceptors (Lipinski definition) is 4. The summed E-state index contributed by atoms with van der Waals surface area (Å²) in [5.74, 6) is -2.05. The number of amides is 3. The Kier molecular flexibility index (Phi) is 4.94. The third kappa shape index (κ3) is 3.16. The number of ketones is 1. The van der Waals surface area contributed by atoms with E-state index in [-0.39, 0.29) is 22.4 Å². The molecule has 1 aliphatic heterocycles. The second-order valence-corrected chi connectivity index (χ2v) is 10.3. The fraction of sp³-hybridized carbons (Fsp3) is 0.308. The van der Waals surface area contributed by atoms with Gasteiger partial charge in [0.15, 0.2) is 5.78 Å². The van der Waals surface area contributed by atoms with E-state index in [1.807, 2.05) is 0 Å². The average molecular weight is 495 g/mol. The van der Waals surface area contributed by atoms with Gasteiger partial charge in [-0.3, -0.25) is 19.2 Å². The van der Waals surface area contributed by atoms with Crippen LogP contribution in [0, 0.1) is 35.5 Å². The van der Waals surface area contributed by atoms with Crippen molar-refractivity contribution < 1.29 is 19.2 Å². The zero-order chi connectivity index (χ0) is 23.7. The molecule has 0 unspecified atom stereocenters. The van der Waals surface area contributed by atoms with Crippen LogP contribution in [0.15, 0.2) is 60.7 Å². The van der Waals surface area contributed by atoms with Crippen LogP contribution in [0.3, 0.4) is 0 Å². The maximum atomic E-state index is 13.7. The maximum Gasteiger partial charge on any atom is 0.274 e. The van der Waals surface area contributed by atoms with Crippen molar-refractivity contribution in [1.82, 2.24) is 10.0 Å². The van der Waals surface area contributed by atoms with Gasteiger partial charge in [-0.1, -0.05) is 65.7 Å². The Morgan fingerprint density at radius 3 is 2.12 bits per heavy atom. The molecule has 4 aliphatic carbocycles. The molecule has 0 spiro atoms. The van der Waals surface area contributed by atoms with Gasteiger partial charge in [0.2, 0.25) is 0 Å². The molecule has 7 rings (SSSR count). The van der Waals surface area contributed by atoms with Crippen LogP contribution in [0.25, 0.3) is 0 Å². The van der Waals surface area contributed by atoms with Gasteiger partial charge in [-0.25, -0.2) is 5.01 Å². The molecule has 0 radical (unpaired) electrons. The molecule has 2 aromatic carbocycles. The van der Waals surface area contributed by atoms with E-state index in [0.29, 0.717) is 22.4 Å². The van der Waals surface area contributed by atoms with Gasteiger partial charge >= 0.3 is 0 Å². The van der Waals surface area contributed by atoms with Crippen LogP contribution in [0.5, 0.6) is 0 Å². The number of allylic oxidation sites excluding steroid dienone is 2. The highest BCUT2D eigenvalue weighted by atomic mass is 35.5. The van der Waals surface area contributed by atoms with E-state index in [9.17, 15) is 19.2 Å². The molecule has 172 valence electrons. The number of hydrogen-bond donors (Lipinski definition) is 0. The van der Waals surface area contributed by atoms with E-state index in [1.165, 1.54) is 18.2 Å². The molecule has 6 nitrogen and oxygen atoms in total. The number of hydrazine groups is 1. The van der Waals surface area contributed by atoms with Crippen molar-refractivity contribution in [2.24, 2.45) is 35.5 Å². The van der Waals surface area contributed by atoms with Gasteiger partial charge in [-0.05, 0) is 48.3 Å². The summed E-state index contributed by atoms with van der Waals surface area (Å²) in [5.41, 5.74) is 0.438. The normalized spacial score (nSPS) is 30.2. The van der Waals surface area contributed by atoms with Crippen molar-refractivity contribution in [3.63, 3.8) is 0 Å². The Hall–Kier alpha value is -2.96. The molecule has 5 aliphatic rings. The van der Waals surface area contributed by atoms with Crippen molar-refractivity contribution in [2.75, 3.05) is 6.54 Å². The fourth-order valence-corrected chi connectivity index (χ4v) is 6.56. The molecule has 34 heavy (non-hydrogen) atoms. The number of nitrogens with zero attached hydrogens (tertiary/aromatic N) is 2. The van der Waals surface area contributed by atoms with E-state index in [4.69, 9.17) is 23.2 Å². The lowest BCUT2D eigenvalue weighted by Gasteiger charge is -2.37. The number of benzene rings is 2. The van der Waals surface area contributed by atoms with E-state index in [1.54, 1.807) is 30.3 Å². The Bertz CT molecular complexity index is 1240. The average Bonchev–Trinajstić information content (AvgIpc) is 3.61. The molecular formula is C26H20Cl2N2O4. The Morgan fingerprint density at radius 2 is 1.53 bits per heavy atom. The lowest BCUT2D eigenvalue weighted by molar-refractivity contribution is -0.154. The van der Waals surface area contributed by atoms with Gasteiger partial charge in [0.05, 0.1) is 22.4 Å². The van der Waals surface area contributed by atoms with Crippen LogP contribution in [-0.4, -0.2) is 40.1 Å². The van der Waals surface area contributed by atoms with Crippen LogP contribution >= 0.6 is 23.2 Å². The molecule has 1 saturated heterocycles. The Labute approximate surface area is 206 Å². The monoisotopic (exact) mass is 494 g/mol. The number of carbonyl (C=O) groups is 4. The number of rotatable bonds is 5. The molecule has 2 saturated carbocycles. The van der Waals surface area contributed by atoms with Gasteiger partial charge in [-0.2, -0.15) is 5.01 Å². The second-order valence-electron chi connectivity index (χ2n) is 9.42. The quantitative estimate of drug-likeness (QED) is 0.353. The molecule has 3 fully saturated rings. The molecule has 3 amide bonds. The first-order chi connectivity index (χ1) is 16.4. The molecule has 1 heterocycles. The minimum atomic E-state index is -0.697. The minimum absolute atomic E-state index is 0.00217. The van der Waals surface area contributed by atoms with Gasteiger partial charge in [0.25, 0.3) is 17.7 Å². The second kappa shape index (κ2) is 7.79. The third-order valence-corrected chi connectivity index (χ3v) is 8.21. The standard InChI is InChI=1S/C26H20Cl2N2O4/c27-14-6-7-17(20(28)10-14)24(32)29(12-21(31)13-4-2-1-3-5-13)30-25(33)22-15-8-9-16(19-11-18(15)19)23(22)26(30)34/h1-10,15-16,18-19,22-23H,11-12H2/t15-,16-,18-,19-,22+,23+/m0/s1. The highest BCUT2D eigenvalue weighted by Crippen LogP contribution is 2.65. The topological polar surface area (TPSA) is 74.8 Å². The predicted octanol–water partition coefficient (Wildman–Crippen LogP) is 4.29.